The standard InChI is InChI=1S/C9H21OSi.C3H7O.2H2O.Ti/c1-7(2)11(10,8(3)4)9(5)6;1-2-3-4;;;/h7-9H,1-6H3;2-3H2,1H3;2*1H2;/q2*-1;;;+4/p-2. The number of rotatable bonds is 8. The van der Waals surface area contributed by atoms with Gasteiger partial charge in [-0.15, -0.1) is 0 Å². The molecule has 0 saturated carbocycles. The zero-order valence-corrected chi connectivity index (χ0v) is 15.4. The SMILES string of the molecule is CCC[O][Ti]([OH])([OH])[O][Si](C(C)C)(C(C)C)C(C)C. The van der Waals surface area contributed by atoms with E-state index in [1.165, 1.54) is 0 Å². The summed E-state index contributed by atoms with van der Waals surface area (Å²) in [6, 6.07) is 0. The van der Waals surface area contributed by atoms with Crippen molar-refractivity contribution in [3.8, 4) is 0 Å². The van der Waals surface area contributed by atoms with Gasteiger partial charge in [0.25, 0.3) is 0 Å². The van der Waals surface area contributed by atoms with E-state index in [0.717, 1.165) is 6.42 Å². The molecule has 0 aliphatic carbocycles. The van der Waals surface area contributed by atoms with E-state index in [1.54, 1.807) is 0 Å². The molecular weight excluding hydrogens is 284 g/mol. The van der Waals surface area contributed by atoms with Crippen LogP contribution in [0.15, 0.2) is 0 Å². The van der Waals surface area contributed by atoms with Crippen molar-refractivity contribution in [1.82, 2.24) is 0 Å². The first kappa shape index (κ1) is 18.8. The third-order valence-electron chi connectivity index (χ3n) is 3.51. The van der Waals surface area contributed by atoms with E-state index in [0.29, 0.717) is 23.2 Å². The molecule has 0 amide bonds. The summed E-state index contributed by atoms with van der Waals surface area (Å²) in [6.45, 7) is 15.0. The molecule has 2 N–H and O–H groups in total. The minimum atomic E-state index is -4.52. The van der Waals surface area contributed by atoms with Crippen LogP contribution in [0, 0.1) is 0 Å². The fourth-order valence-electron chi connectivity index (χ4n) is 2.85. The summed E-state index contributed by atoms with van der Waals surface area (Å²) in [7, 11) is -2.25. The van der Waals surface area contributed by atoms with Crippen LogP contribution >= 0.6 is 0 Å². The van der Waals surface area contributed by atoms with Crippen molar-refractivity contribution in [2.75, 3.05) is 6.61 Å². The zero-order valence-electron chi connectivity index (χ0n) is 12.9. The molecule has 0 aromatic carbocycles. The molecule has 0 atom stereocenters. The predicted octanol–water partition coefficient (Wildman–Crippen LogP) is 3.40. The Morgan fingerprint density at radius 2 is 1.33 bits per heavy atom. The second-order valence-electron chi connectivity index (χ2n) is 5.82. The van der Waals surface area contributed by atoms with Crippen molar-refractivity contribution < 1.29 is 31.8 Å². The Kier molecular flexibility index (Phi) is 7.85. The van der Waals surface area contributed by atoms with E-state index in [2.05, 4.69) is 41.5 Å². The van der Waals surface area contributed by atoms with Crippen molar-refractivity contribution in [3.63, 3.8) is 0 Å². The summed E-state index contributed by atoms with van der Waals surface area (Å²) in [5.41, 5.74) is 0.978. The van der Waals surface area contributed by atoms with Crippen LogP contribution in [-0.4, -0.2) is 22.3 Å². The maximum absolute atomic E-state index is 10.1. The van der Waals surface area contributed by atoms with E-state index in [4.69, 9.17) is 6.33 Å². The van der Waals surface area contributed by atoms with Gasteiger partial charge in [-0.1, -0.05) is 0 Å². The Bertz CT molecular complexity index is 222. The molecule has 0 saturated heterocycles. The Labute approximate surface area is 118 Å². The Balaban J connectivity index is 5.10. The molecular formula is C12H30O4SiTi. The second-order valence-corrected chi connectivity index (χ2v) is 14.3. The van der Waals surface area contributed by atoms with Crippen molar-refractivity contribution >= 4 is 8.32 Å². The second kappa shape index (κ2) is 7.53. The molecule has 0 aromatic heterocycles. The molecule has 0 spiro atoms. The molecule has 110 valence electrons. The van der Waals surface area contributed by atoms with Gasteiger partial charge in [-0.3, -0.25) is 0 Å². The van der Waals surface area contributed by atoms with Crippen molar-refractivity contribution in [2.24, 2.45) is 0 Å². The monoisotopic (exact) mass is 314 g/mol. The first-order chi connectivity index (χ1) is 8.10. The van der Waals surface area contributed by atoms with Gasteiger partial charge in [-0.05, 0) is 0 Å². The van der Waals surface area contributed by atoms with Gasteiger partial charge in [0.2, 0.25) is 0 Å². The molecule has 6 heteroatoms. The van der Waals surface area contributed by atoms with E-state index >= 15 is 0 Å². The molecule has 0 aliphatic rings. The van der Waals surface area contributed by atoms with Gasteiger partial charge in [-0.2, -0.15) is 0 Å². The molecule has 0 heterocycles. The fourth-order valence-corrected chi connectivity index (χ4v) is 14.6. The van der Waals surface area contributed by atoms with Crippen LogP contribution in [0.25, 0.3) is 0 Å². The molecule has 0 bridgehead atoms. The van der Waals surface area contributed by atoms with Gasteiger partial charge in [-0.25, -0.2) is 0 Å². The Morgan fingerprint density at radius 3 is 1.61 bits per heavy atom. The van der Waals surface area contributed by atoms with Gasteiger partial charge in [0.05, 0.1) is 0 Å². The van der Waals surface area contributed by atoms with Crippen LogP contribution in [0.3, 0.4) is 0 Å². The van der Waals surface area contributed by atoms with Crippen molar-refractivity contribution in [3.05, 3.63) is 0 Å². The summed E-state index contributed by atoms with van der Waals surface area (Å²) in [4.78, 5) is 0. The van der Waals surface area contributed by atoms with Gasteiger partial charge in [0, 0.05) is 0 Å². The normalized spacial score (nSPS) is 14.0. The van der Waals surface area contributed by atoms with Crippen LogP contribution in [0.5, 0.6) is 0 Å². The summed E-state index contributed by atoms with van der Waals surface area (Å²) in [5.74, 6) is 0. The van der Waals surface area contributed by atoms with E-state index in [1.807, 2.05) is 6.92 Å². The molecule has 18 heavy (non-hydrogen) atoms. The van der Waals surface area contributed by atoms with Gasteiger partial charge in [0.15, 0.2) is 0 Å². The molecule has 0 unspecified atom stereocenters. The van der Waals surface area contributed by atoms with Crippen LogP contribution in [0.2, 0.25) is 16.6 Å². The third kappa shape index (κ3) is 4.71. The molecule has 0 aromatic rings. The van der Waals surface area contributed by atoms with Gasteiger partial charge < -0.3 is 0 Å². The van der Waals surface area contributed by atoms with Gasteiger partial charge >= 0.3 is 118 Å². The number of hydrogen-bond donors (Lipinski definition) is 2. The maximum atomic E-state index is 10.1. The first-order valence-electron chi connectivity index (χ1n) is 6.89. The van der Waals surface area contributed by atoms with E-state index in [-0.39, 0.29) is 0 Å². The quantitative estimate of drug-likeness (QED) is 0.674. The molecule has 0 radical (unpaired) electrons. The first-order valence-corrected chi connectivity index (χ1v) is 11.7. The summed E-state index contributed by atoms with van der Waals surface area (Å²) in [5, 5.41) is 0. The molecule has 4 nitrogen and oxygen atoms in total. The topological polar surface area (TPSA) is 58.9 Å². The summed E-state index contributed by atoms with van der Waals surface area (Å²) < 4.78 is 31.2. The van der Waals surface area contributed by atoms with E-state index in [9.17, 15) is 7.38 Å². The van der Waals surface area contributed by atoms with Crippen LogP contribution in [0.1, 0.15) is 54.9 Å². The van der Waals surface area contributed by atoms with Crippen molar-refractivity contribution in [2.45, 2.75) is 71.5 Å². The van der Waals surface area contributed by atoms with Crippen LogP contribution in [-0.2, 0) is 24.5 Å². The minimum absolute atomic E-state index is 0.326. The fraction of sp³-hybridized carbons (Fsp3) is 1.00. The average Bonchev–Trinajstić information content (AvgIpc) is 2.21. The average molecular weight is 314 g/mol. The Morgan fingerprint density at radius 1 is 0.944 bits per heavy atom. The Hall–Kier alpha value is 0.771. The predicted molar refractivity (Wildman–Crippen MR) is 72.8 cm³/mol. The summed E-state index contributed by atoms with van der Waals surface area (Å²) >= 11 is -4.52. The van der Waals surface area contributed by atoms with E-state index < -0.39 is 26.5 Å². The molecule has 0 rings (SSSR count). The van der Waals surface area contributed by atoms with Crippen LogP contribution < -0.4 is 0 Å². The number of hydrogen-bond acceptors (Lipinski definition) is 4. The third-order valence-corrected chi connectivity index (χ3v) is 13.4. The molecule has 0 fully saturated rings. The van der Waals surface area contributed by atoms with Gasteiger partial charge in [0.1, 0.15) is 0 Å². The van der Waals surface area contributed by atoms with Crippen molar-refractivity contribution in [1.29, 1.82) is 0 Å². The molecule has 0 aliphatic heterocycles. The van der Waals surface area contributed by atoms with Crippen LogP contribution in [0.4, 0.5) is 0 Å². The zero-order chi connectivity index (χ0) is 14.6. The summed E-state index contributed by atoms with van der Waals surface area (Å²) in [6.07, 6.45) is 0.761.